The van der Waals surface area contributed by atoms with Crippen LogP contribution >= 0.6 is 12.2 Å². The first-order valence-corrected chi connectivity index (χ1v) is 10.9. The number of amides is 1. The SMILES string of the molecule is O=C(Cc1cccc2ccccc12)NC(=S)Nc1ccc(OCCc2ccccc2)cc1. The lowest BCUT2D eigenvalue weighted by Gasteiger charge is -2.12. The lowest BCUT2D eigenvalue weighted by Crippen LogP contribution is -2.35. The fraction of sp³-hybridized carbons (Fsp3) is 0.111. The van der Waals surface area contributed by atoms with Crippen LogP contribution < -0.4 is 15.4 Å². The zero-order valence-corrected chi connectivity index (χ0v) is 18.4. The maximum Gasteiger partial charge on any atom is 0.230 e. The molecular weight excluding hydrogens is 416 g/mol. The predicted octanol–water partition coefficient (Wildman–Crippen LogP) is 5.52. The van der Waals surface area contributed by atoms with E-state index in [1.54, 1.807) is 0 Å². The molecule has 0 radical (unpaired) electrons. The van der Waals surface area contributed by atoms with Crippen molar-refractivity contribution in [3.05, 3.63) is 108 Å². The first-order chi connectivity index (χ1) is 15.7. The Balaban J connectivity index is 1.26. The summed E-state index contributed by atoms with van der Waals surface area (Å²) in [6.07, 6.45) is 1.12. The van der Waals surface area contributed by atoms with Crippen LogP contribution in [0.1, 0.15) is 11.1 Å². The summed E-state index contributed by atoms with van der Waals surface area (Å²) in [4.78, 5) is 12.5. The zero-order valence-electron chi connectivity index (χ0n) is 17.6. The number of hydrogen-bond acceptors (Lipinski definition) is 3. The highest BCUT2D eigenvalue weighted by Crippen LogP contribution is 2.19. The maximum atomic E-state index is 12.5. The normalized spacial score (nSPS) is 10.5. The van der Waals surface area contributed by atoms with Crippen molar-refractivity contribution < 1.29 is 9.53 Å². The third-order valence-corrected chi connectivity index (χ3v) is 5.30. The van der Waals surface area contributed by atoms with Gasteiger partial charge in [0.15, 0.2) is 5.11 Å². The molecule has 0 heterocycles. The maximum absolute atomic E-state index is 12.5. The number of nitrogens with one attached hydrogen (secondary N) is 2. The number of carbonyl (C=O) groups is 1. The van der Waals surface area contributed by atoms with Crippen LogP contribution in [-0.2, 0) is 17.6 Å². The molecule has 5 heteroatoms. The molecule has 0 aliphatic heterocycles. The van der Waals surface area contributed by atoms with Gasteiger partial charge in [-0.1, -0.05) is 72.8 Å². The van der Waals surface area contributed by atoms with Gasteiger partial charge in [-0.3, -0.25) is 4.79 Å². The molecule has 0 aliphatic rings. The summed E-state index contributed by atoms with van der Waals surface area (Å²) in [7, 11) is 0. The van der Waals surface area contributed by atoms with E-state index in [1.807, 2.05) is 84.9 Å². The highest BCUT2D eigenvalue weighted by Gasteiger charge is 2.09. The molecule has 0 saturated carbocycles. The van der Waals surface area contributed by atoms with Gasteiger partial charge in [0.1, 0.15) is 5.75 Å². The molecule has 4 aromatic carbocycles. The molecular formula is C27H24N2O2S. The standard InChI is InChI=1S/C27H24N2O2S/c30-26(19-22-11-6-10-21-9-4-5-12-25(21)22)29-27(32)28-23-13-15-24(16-14-23)31-18-17-20-7-2-1-3-8-20/h1-16H,17-19H2,(H2,28,29,30,32). The van der Waals surface area contributed by atoms with Gasteiger partial charge in [-0.2, -0.15) is 0 Å². The second kappa shape index (κ2) is 10.6. The van der Waals surface area contributed by atoms with Crippen LogP contribution in [0.15, 0.2) is 97.1 Å². The Labute approximate surface area is 193 Å². The summed E-state index contributed by atoms with van der Waals surface area (Å²) >= 11 is 5.31. The molecule has 0 unspecified atom stereocenters. The zero-order chi connectivity index (χ0) is 22.2. The van der Waals surface area contributed by atoms with E-state index in [-0.39, 0.29) is 17.4 Å². The first kappa shape index (κ1) is 21.5. The van der Waals surface area contributed by atoms with Crippen molar-refractivity contribution in [2.24, 2.45) is 0 Å². The Bertz CT molecular complexity index is 1200. The van der Waals surface area contributed by atoms with E-state index in [4.69, 9.17) is 17.0 Å². The predicted molar refractivity (Wildman–Crippen MR) is 134 cm³/mol. The number of thiocarbonyl (C=S) groups is 1. The van der Waals surface area contributed by atoms with Crippen LogP contribution in [0.5, 0.6) is 5.75 Å². The molecule has 4 rings (SSSR count). The number of ether oxygens (including phenoxy) is 1. The van der Waals surface area contributed by atoms with Gasteiger partial charge in [0.2, 0.25) is 5.91 Å². The highest BCUT2D eigenvalue weighted by molar-refractivity contribution is 7.80. The first-order valence-electron chi connectivity index (χ1n) is 10.5. The lowest BCUT2D eigenvalue weighted by atomic mass is 10.0. The molecule has 4 aromatic rings. The minimum atomic E-state index is -0.153. The number of carbonyl (C=O) groups excluding carboxylic acids is 1. The van der Waals surface area contributed by atoms with Crippen LogP contribution in [0.3, 0.4) is 0 Å². The fourth-order valence-electron chi connectivity index (χ4n) is 3.52. The molecule has 0 atom stereocenters. The molecule has 1 amide bonds. The molecule has 0 saturated heterocycles. The summed E-state index contributed by atoms with van der Waals surface area (Å²) in [5.41, 5.74) is 3.01. The summed E-state index contributed by atoms with van der Waals surface area (Å²) in [5, 5.41) is 8.27. The van der Waals surface area contributed by atoms with Crippen molar-refractivity contribution in [1.29, 1.82) is 0 Å². The van der Waals surface area contributed by atoms with Crippen LogP contribution in [0.2, 0.25) is 0 Å². The average Bonchev–Trinajstić information content (AvgIpc) is 2.81. The second-order valence-electron chi connectivity index (χ2n) is 7.43. The van der Waals surface area contributed by atoms with Crippen molar-refractivity contribution in [3.63, 3.8) is 0 Å². The molecule has 0 aliphatic carbocycles. The van der Waals surface area contributed by atoms with Gasteiger partial charge in [-0.25, -0.2) is 0 Å². The highest BCUT2D eigenvalue weighted by atomic mass is 32.1. The Kier molecular flexibility index (Phi) is 7.10. The van der Waals surface area contributed by atoms with E-state index in [0.717, 1.165) is 34.2 Å². The summed E-state index contributed by atoms with van der Waals surface area (Å²) in [6, 6.07) is 31.8. The average molecular weight is 441 g/mol. The van der Waals surface area contributed by atoms with Gasteiger partial charge >= 0.3 is 0 Å². The Morgan fingerprint density at radius 3 is 2.34 bits per heavy atom. The number of hydrogen-bond donors (Lipinski definition) is 2. The molecule has 160 valence electrons. The topological polar surface area (TPSA) is 50.4 Å². The van der Waals surface area contributed by atoms with Crippen molar-refractivity contribution in [2.45, 2.75) is 12.8 Å². The molecule has 0 aromatic heterocycles. The van der Waals surface area contributed by atoms with E-state index in [2.05, 4.69) is 22.8 Å². The van der Waals surface area contributed by atoms with Gasteiger partial charge in [-0.15, -0.1) is 0 Å². The van der Waals surface area contributed by atoms with Gasteiger partial charge in [-0.05, 0) is 58.4 Å². The van der Waals surface area contributed by atoms with Crippen LogP contribution in [0.4, 0.5) is 5.69 Å². The molecule has 2 N–H and O–H groups in total. The third kappa shape index (κ3) is 5.93. The molecule has 4 nitrogen and oxygen atoms in total. The van der Waals surface area contributed by atoms with E-state index in [0.29, 0.717) is 6.61 Å². The Morgan fingerprint density at radius 1 is 0.812 bits per heavy atom. The van der Waals surface area contributed by atoms with Crippen molar-refractivity contribution in [2.75, 3.05) is 11.9 Å². The summed E-state index contributed by atoms with van der Waals surface area (Å²) < 4.78 is 5.81. The van der Waals surface area contributed by atoms with Gasteiger partial charge in [0.05, 0.1) is 13.0 Å². The summed E-state index contributed by atoms with van der Waals surface area (Å²) in [5.74, 6) is 0.636. The number of fused-ring (bicyclic) bond motifs is 1. The van der Waals surface area contributed by atoms with Crippen molar-refractivity contribution in [1.82, 2.24) is 5.32 Å². The smallest absolute Gasteiger partial charge is 0.230 e. The van der Waals surface area contributed by atoms with Crippen molar-refractivity contribution in [3.8, 4) is 5.75 Å². The fourth-order valence-corrected chi connectivity index (χ4v) is 3.75. The Morgan fingerprint density at radius 2 is 1.53 bits per heavy atom. The Hall–Kier alpha value is -3.70. The van der Waals surface area contributed by atoms with Crippen molar-refractivity contribution >= 4 is 39.7 Å². The van der Waals surface area contributed by atoms with Gasteiger partial charge in [0.25, 0.3) is 0 Å². The van der Waals surface area contributed by atoms with E-state index in [9.17, 15) is 4.79 Å². The lowest BCUT2D eigenvalue weighted by molar-refractivity contribution is -0.119. The number of rotatable bonds is 7. The van der Waals surface area contributed by atoms with E-state index in [1.165, 1.54) is 5.56 Å². The van der Waals surface area contributed by atoms with Crippen LogP contribution in [0, 0.1) is 0 Å². The molecule has 0 bridgehead atoms. The third-order valence-electron chi connectivity index (χ3n) is 5.10. The summed E-state index contributed by atoms with van der Waals surface area (Å²) in [6.45, 7) is 0.611. The van der Waals surface area contributed by atoms with Gasteiger partial charge in [0, 0.05) is 12.1 Å². The molecule has 0 fully saturated rings. The van der Waals surface area contributed by atoms with Gasteiger partial charge < -0.3 is 15.4 Å². The molecule has 0 spiro atoms. The van der Waals surface area contributed by atoms with E-state index >= 15 is 0 Å². The van der Waals surface area contributed by atoms with Crippen LogP contribution in [0.25, 0.3) is 10.8 Å². The van der Waals surface area contributed by atoms with E-state index < -0.39 is 0 Å². The number of benzene rings is 4. The quantitative estimate of drug-likeness (QED) is 0.372. The largest absolute Gasteiger partial charge is 0.493 e. The second-order valence-corrected chi connectivity index (χ2v) is 7.83. The number of anilines is 1. The molecule has 32 heavy (non-hydrogen) atoms. The minimum absolute atomic E-state index is 0.153. The minimum Gasteiger partial charge on any atom is -0.493 e. The monoisotopic (exact) mass is 440 g/mol. The van der Waals surface area contributed by atoms with Crippen LogP contribution in [-0.4, -0.2) is 17.6 Å².